The van der Waals surface area contributed by atoms with Crippen molar-refractivity contribution in [3.05, 3.63) is 34.7 Å². The van der Waals surface area contributed by atoms with Crippen molar-refractivity contribution in [1.82, 2.24) is 19.4 Å². The molecule has 1 aromatic heterocycles. The molecule has 0 spiro atoms. The predicted octanol–water partition coefficient (Wildman–Crippen LogP) is 1.06. The number of imide groups is 1. The zero-order valence-corrected chi connectivity index (χ0v) is 13.5. The standard InChI is InChI=1S/C16H20N4O3/c1-16(2)13(21)20(14(22)17-16)10-6-9-19-12-8-5-4-7-11(12)18(3)15(19)23/h4-5,7-8H,6,9-10H2,1-3H3,(H,17,22). The highest BCUT2D eigenvalue weighted by Gasteiger charge is 2.43. The number of carbonyl (C=O) groups is 2. The molecular weight excluding hydrogens is 296 g/mol. The number of hydrogen-bond donors (Lipinski definition) is 1. The second-order valence-electron chi connectivity index (χ2n) is 6.35. The average molecular weight is 316 g/mol. The van der Waals surface area contributed by atoms with Crippen molar-refractivity contribution in [2.75, 3.05) is 6.54 Å². The topological polar surface area (TPSA) is 76.3 Å². The average Bonchev–Trinajstić information content (AvgIpc) is 2.86. The normalized spacial score (nSPS) is 17.1. The molecule has 0 radical (unpaired) electrons. The third-order valence-corrected chi connectivity index (χ3v) is 4.26. The van der Waals surface area contributed by atoms with E-state index in [9.17, 15) is 14.4 Å². The summed E-state index contributed by atoms with van der Waals surface area (Å²) in [6, 6.07) is 7.20. The summed E-state index contributed by atoms with van der Waals surface area (Å²) in [5.41, 5.74) is 0.780. The fourth-order valence-electron chi connectivity index (χ4n) is 2.99. The smallest absolute Gasteiger partial charge is 0.324 e. The van der Waals surface area contributed by atoms with E-state index in [1.54, 1.807) is 30.0 Å². The van der Waals surface area contributed by atoms with Crippen LogP contribution in [0.1, 0.15) is 20.3 Å². The van der Waals surface area contributed by atoms with Gasteiger partial charge in [-0.1, -0.05) is 12.1 Å². The Hall–Kier alpha value is -2.57. The third kappa shape index (κ3) is 2.42. The van der Waals surface area contributed by atoms with Crippen molar-refractivity contribution in [3.63, 3.8) is 0 Å². The number of imidazole rings is 1. The van der Waals surface area contributed by atoms with Gasteiger partial charge in [-0.05, 0) is 32.4 Å². The SMILES string of the molecule is Cn1c(=O)n(CCCN2C(=O)NC(C)(C)C2=O)c2ccccc21. The Labute approximate surface area is 133 Å². The second-order valence-corrected chi connectivity index (χ2v) is 6.35. The summed E-state index contributed by atoms with van der Waals surface area (Å²) in [5, 5.41) is 2.65. The number of carbonyl (C=O) groups excluding carboxylic acids is 2. The van der Waals surface area contributed by atoms with Gasteiger partial charge < -0.3 is 5.32 Å². The monoisotopic (exact) mass is 316 g/mol. The van der Waals surface area contributed by atoms with Crippen LogP contribution < -0.4 is 11.0 Å². The number of hydrogen-bond acceptors (Lipinski definition) is 3. The predicted molar refractivity (Wildman–Crippen MR) is 86.1 cm³/mol. The molecule has 2 heterocycles. The minimum Gasteiger partial charge on any atom is -0.324 e. The van der Waals surface area contributed by atoms with Crippen molar-refractivity contribution in [2.45, 2.75) is 32.4 Å². The van der Waals surface area contributed by atoms with Gasteiger partial charge in [0.25, 0.3) is 5.91 Å². The molecule has 1 saturated heterocycles. The molecule has 1 N–H and O–H groups in total. The summed E-state index contributed by atoms with van der Waals surface area (Å²) in [7, 11) is 1.74. The van der Waals surface area contributed by atoms with E-state index >= 15 is 0 Å². The molecule has 3 amide bonds. The Morgan fingerprint density at radius 2 is 1.70 bits per heavy atom. The highest BCUT2D eigenvalue weighted by molar-refractivity contribution is 6.06. The van der Waals surface area contributed by atoms with E-state index in [2.05, 4.69) is 5.32 Å². The minimum absolute atomic E-state index is 0.0938. The Morgan fingerprint density at radius 1 is 1.04 bits per heavy atom. The van der Waals surface area contributed by atoms with Crippen molar-refractivity contribution >= 4 is 23.0 Å². The van der Waals surface area contributed by atoms with Crippen LogP contribution in [0.5, 0.6) is 0 Å². The molecule has 1 fully saturated rings. The van der Waals surface area contributed by atoms with Gasteiger partial charge in [0.1, 0.15) is 5.54 Å². The van der Waals surface area contributed by atoms with Crippen molar-refractivity contribution in [3.8, 4) is 0 Å². The lowest BCUT2D eigenvalue weighted by atomic mass is 10.1. The molecule has 1 aliphatic rings. The molecule has 23 heavy (non-hydrogen) atoms. The van der Waals surface area contributed by atoms with Crippen LogP contribution in [0.2, 0.25) is 0 Å². The lowest BCUT2D eigenvalue weighted by Gasteiger charge is -2.15. The summed E-state index contributed by atoms with van der Waals surface area (Å²) in [5.74, 6) is -0.229. The summed E-state index contributed by atoms with van der Waals surface area (Å²) < 4.78 is 3.28. The molecule has 0 atom stereocenters. The first-order chi connectivity index (χ1) is 10.8. The molecule has 122 valence electrons. The number of benzene rings is 1. The largest absolute Gasteiger partial charge is 0.328 e. The van der Waals surface area contributed by atoms with E-state index in [1.807, 2.05) is 24.3 Å². The van der Waals surface area contributed by atoms with Crippen LogP contribution in [0, 0.1) is 0 Å². The molecule has 7 nitrogen and oxygen atoms in total. The zero-order chi connectivity index (χ0) is 16.8. The summed E-state index contributed by atoms with van der Waals surface area (Å²) in [4.78, 5) is 37.5. The lowest BCUT2D eigenvalue weighted by Crippen LogP contribution is -2.40. The quantitative estimate of drug-likeness (QED) is 0.857. The maximum Gasteiger partial charge on any atom is 0.328 e. The van der Waals surface area contributed by atoms with Gasteiger partial charge >= 0.3 is 11.7 Å². The molecule has 0 bridgehead atoms. The highest BCUT2D eigenvalue weighted by atomic mass is 16.2. The Kier molecular flexibility index (Phi) is 3.50. The maximum atomic E-state index is 12.3. The van der Waals surface area contributed by atoms with Gasteiger partial charge in [0, 0.05) is 20.1 Å². The van der Waals surface area contributed by atoms with E-state index in [0.717, 1.165) is 11.0 Å². The number of nitrogens with zero attached hydrogens (tertiary/aromatic N) is 3. The molecule has 0 unspecified atom stereocenters. The van der Waals surface area contributed by atoms with Gasteiger partial charge in [0.15, 0.2) is 0 Å². The number of rotatable bonds is 4. The summed E-state index contributed by atoms with van der Waals surface area (Å²) in [6.07, 6.45) is 0.531. The van der Waals surface area contributed by atoms with E-state index < -0.39 is 5.54 Å². The number of amides is 3. The first kappa shape index (κ1) is 15.3. The summed E-state index contributed by atoms with van der Waals surface area (Å²) >= 11 is 0. The molecular formula is C16H20N4O3. The number of aromatic nitrogens is 2. The first-order valence-electron chi connectivity index (χ1n) is 7.61. The van der Waals surface area contributed by atoms with Crippen LogP contribution in [0.3, 0.4) is 0 Å². The molecule has 1 aromatic carbocycles. The minimum atomic E-state index is -0.854. The lowest BCUT2D eigenvalue weighted by molar-refractivity contribution is -0.130. The highest BCUT2D eigenvalue weighted by Crippen LogP contribution is 2.17. The van der Waals surface area contributed by atoms with Crippen LogP contribution in [-0.2, 0) is 18.4 Å². The van der Waals surface area contributed by atoms with Gasteiger partial charge in [-0.2, -0.15) is 0 Å². The molecule has 3 rings (SSSR count). The van der Waals surface area contributed by atoms with Crippen LogP contribution in [0.25, 0.3) is 11.0 Å². The summed E-state index contributed by atoms with van der Waals surface area (Å²) in [6.45, 7) is 4.12. The Morgan fingerprint density at radius 3 is 2.30 bits per heavy atom. The van der Waals surface area contributed by atoms with Crippen LogP contribution in [0.4, 0.5) is 4.79 Å². The fraction of sp³-hybridized carbons (Fsp3) is 0.438. The van der Waals surface area contributed by atoms with Crippen molar-refractivity contribution in [2.24, 2.45) is 7.05 Å². The molecule has 7 heteroatoms. The van der Waals surface area contributed by atoms with Gasteiger partial charge in [-0.25, -0.2) is 9.59 Å². The van der Waals surface area contributed by atoms with E-state index in [1.165, 1.54) is 4.90 Å². The number of aryl methyl sites for hydroxylation is 2. The van der Waals surface area contributed by atoms with Crippen LogP contribution in [-0.4, -0.2) is 38.1 Å². The second kappa shape index (κ2) is 5.26. The van der Waals surface area contributed by atoms with Gasteiger partial charge in [0.05, 0.1) is 11.0 Å². The third-order valence-electron chi connectivity index (χ3n) is 4.26. The molecule has 2 aromatic rings. The number of urea groups is 1. The van der Waals surface area contributed by atoms with Gasteiger partial charge in [-0.15, -0.1) is 0 Å². The first-order valence-corrected chi connectivity index (χ1v) is 7.61. The Balaban J connectivity index is 1.76. The van der Waals surface area contributed by atoms with E-state index in [-0.39, 0.29) is 17.6 Å². The van der Waals surface area contributed by atoms with Gasteiger partial charge in [0.2, 0.25) is 0 Å². The molecule has 1 aliphatic heterocycles. The molecule has 0 saturated carbocycles. The number of nitrogens with one attached hydrogen (secondary N) is 1. The van der Waals surface area contributed by atoms with Crippen molar-refractivity contribution in [1.29, 1.82) is 0 Å². The molecule has 0 aliphatic carbocycles. The van der Waals surface area contributed by atoms with Gasteiger partial charge in [-0.3, -0.25) is 18.8 Å². The van der Waals surface area contributed by atoms with Crippen LogP contribution in [0.15, 0.2) is 29.1 Å². The number of para-hydroxylation sites is 2. The van der Waals surface area contributed by atoms with Crippen molar-refractivity contribution < 1.29 is 9.59 Å². The number of fused-ring (bicyclic) bond motifs is 1. The Bertz CT molecular complexity index is 847. The zero-order valence-electron chi connectivity index (χ0n) is 13.5. The van der Waals surface area contributed by atoms with E-state index in [0.29, 0.717) is 19.5 Å². The van der Waals surface area contributed by atoms with Crippen LogP contribution >= 0.6 is 0 Å². The van der Waals surface area contributed by atoms with E-state index in [4.69, 9.17) is 0 Å². The fourth-order valence-corrected chi connectivity index (χ4v) is 2.99. The maximum absolute atomic E-state index is 12.3.